The number of rotatable bonds is 5. The molecule has 0 spiro atoms. The molecule has 0 fully saturated rings. The molecule has 3 aromatic carbocycles. The Labute approximate surface area is 184 Å². The largest absolute Gasteiger partial charge is 0.481 e. The van der Waals surface area contributed by atoms with Gasteiger partial charge in [-0.2, -0.15) is 0 Å². The number of fused-ring (bicyclic) bond motifs is 1. The molecule has 0 saturated carbocycles. The molecule has 2 amide bonds. The summed E-state index contributed by atoms with van der Waals surface area (Å²) in [5.41, 5.74) is 2.57. The molecule has 1 N–H and O–H groups in total. The lowest BCUT2D eigenvalue weighted by Gasteiger charge is -2.22. The van der Waals surface area contributed by atoms with E-state index in [1.807, 2.05) is 0 Å². The van der Waals surface area contributed by atoms with Crippen molar-refractivity contribution in [2.75, 3.05) is 11.9 Å². The van der Waals surface area contributed by atoms with Crippen LogP contribution in [0.5, 0.6) is 5.75 Å². The molecule has 32 heavy (non-hydrogen) atoms. The molecule has 0 bridgehead atoms. The van der Waals surface area contributed by atoms with Crippen LogP contribution < -0.4 is 10.1 Å². The normalized spacial score (nSPS) is 15.5. The molecule has 1 aliphatic rings. The fourth-order valence-electron chi connectivity index (χ4n) is 3.59. The van der Waals surface area contributed by atoms with E-state index in [-0.39, 0.29) is 17.6 Å². The minimum atomic E-state index is -0.649. The summed E-state index contributed by atoms with van der Waals surface area (Å²) in [6.45, 7) is 2.47. The van der Waals surface area contributed by atoms with Crippen LogP contribution >= 0.6 is 0 Å². The van der Waals surface area contributed by atoms with E-state index in [0.717, 1.165) is 11.1 Å². The lowest BCUT2D eigenvalue weighted by Crippen LogP contribution is -2.39. The zero-order valence-corrected chi connectivity index (χ0v) is 17.5. The van der Waals surface area contributed by atoms with Crippen LogP contribution in [-0.2, 0) is 17.8 Å². The SMILES string of the molecule is CC1Oc2ccc(NC(=O)c3ccc(F)cc3)cc2CN(CCc2ccc(F)cc2)C1=O. The summed E-state index contributed by atoms with van der Waals surface area (Å²) in [4.78, 5) is 27.0. The summed E-state index contributed by atoms with van der Waals surface area (Å²) in [6.07, 6.45) is -0.0705. The van der Waals surface area contributed by atoms with Crippen molar-refractivity contribution in [3.8, 4) is 5.75 Å². The number of amides is 2. The van der Waals surface area contributed by atoms with Gasteiger partial charge >= 0.3 is 0 Å². The van der Waals surface area contributed by atoms with Gasteiger partial charge < -0.3 is 15.0 Å². The fraction of sp³-hybridized carbons (Fsp3) is 0.200. The maximum Gasteiger partial charge on any atom is 0.263 e. The van der Waals surface area contributed by atoms with Crippen molar-refractivity contribution in [1.82, 2.24) is 4.90 Å². The van der Waals surface area contributed by atoms with Crippen molar-refractivity contribution in [3.63, 3.8) is 0 Å². The Morgan fingerprint density at radius 1 is 1.03 bits per heavy atom. The quantitative estimate of drug-likeness (QED) is 0.638. The van der Waals surface area contributed by atoms with Crippen molar-refractivity contribution in [2.45, 2.75) is 26.0 Å². The number of carbonyl (C=O) groups is 2. The Bertz CT molecular complexity index is 1130. The molecule has 4 rings (SSSR count). The van der Waals surface area contributed by atoms with Crippen LogP contribution in [-0.4, -0.2) is 29.4 Å². The number of ether oxygens (including phenoxy) is 1. The maximum atomic E-state index is 13.1. The Balaban J connectivity index is 1.50. The number of anilines is 1. The molecule has 5 nitrogen and oxygen atoms in total. The van der Waals surface area contributed by atoms with E-state index in [0.29, 0.717) is 36.5 Å². The molecule has 1 heterocycles. The summed E-state index contributed by atoms with van der Waals surface area (Å²) in [7, 11) is 0. The number of nitrogens with zero attached hydrogens (tertiary/aromatic N) is 1. The van der Waals surface area contributed by atoms with Crippen molar-refractivity contribution >= 4 is 17.5 Å². The Hall–Kier alpha value is -3.74. The highest BCUT2D eigenvalue weighted by atomic mass is 19.1. The van der Waals surface area contributed by atoms with E-state index < -0.39 is 11.9 Å². The van der Waals surface area contributed by atoms with E-state index >= 15 is 0 Å². The van der Waals surface area contributed by atoms with Crippen molar-refractivity contribution in [3.05, 3.63) is 95.1 Å². The van der Waals surface area contributed by atoms with Gasteiger partial charge in [0.1, 0.15) is 17.4 Å². The lowest BCUT2D eigenvalue weighted by atomic mass is 10.1. The van der Waals surface area contributed by atoms with Crippen LogP contribution in [0.2, 0.25) is 0 Å². The van der Waals surface area contributed by atoms with Gasteiger partial charge in [0, 0.05) is 29.9 Å². The molecule has 0 aromatic heterocycles. The van der Waals surface area contributed by atoms with Crippen LogP contribution in [0.15, 0.2) is 66.7 Å². The first-order chi connectivity index (χ1) is 15.4. The molecule has 164 valence electrons. The van der Waals surface area contributed by atoms with Gasteiger partial charge in [-0.1, -0.05) is 12.1 Å². The second-order valence-corrected chi connectivity index (χ2v) is 7.68. The summed E-state index contributed by atoms with van der Waals surface area (Å²) < 4.78 is 32.1. The number of benzene rings is 3. The summed E-state index contributed by atoms with van der Waals surface area (Å²) in [5, 5.41) is 2.79. The molecule has 3 aromatic rings. The Morgan fingerprint density at radius 3 is 2.38 bits per heavy atom. The third kappa shape index (κ3) is 4.94. The molecule has 1 aliphatic heterocycles. The third-order valence-corrected chi connectivity index (χ3v) is 5.33. The van der Waals surface area contributed by atoms with Crippen molar-refractivity contribution < 1.29 is 23.1 Å². The van der Waals surface area contributed by atoms with Crippen LogP contribution in [0, 0.1) is 11.6 Å². The zero-order valence-electron chi connectivity index (χ0n) is 17.5. The van der Waals surface area contributed by atoms with Gasteiger partial charge in [0.25, 0.3) is 11.8 Å². The number of carbonyl (C=O) groups excluding carboxylic acids is 2. The number of halogens is 2. The van der Waals surface area contributed by atoms with E-state index in [4.69, 9.17) is 4.74 Å². The molecule has 7 heteroatoms. The van der Waals surface area contributed by atoms with Crippen molar-refractivity contribution in [1.29, 1.82) is 0 Å². The highest BCUT2D eigenvalue weighted by molar-refractivity contribution is 6.04. The summed E-state index contributed by atoms with van der Waals surface area (Å²) in [6, 6.07) is 16.7. The standard InChI is InChI=1S/C25H22F2N2O3/c1-16-25(31)29(13-12-17-2-6-20(26)7-3-17)15-19-14-22(10-11-23(19)32-16)28-24(30)18-4-8-21(27)9-5-18/h2-11,14,16H,12-13,15H2,1H3,(H,28,30). The molecule has 0 radical (unpaired) electrons. The first-order valence-electron chi connectivity index (χ1n) is 10.3. The number of nitrogens with one attached hydrogen (secondary N) is 1. The highest BCUT2D eigenvalue weighted by Crippen LogP contribution is 2.29. The van der Waals surface area contributed by atoms with Crippen LogP contribution in [0.3, 0.4) is 0 Å². The minimum absolute atomic E-state index is 0.139. The molecule has 0 saturated heterocycles. The van der Waals surface area contributed by atoms with E-state index in [1.165, 1.54) is 36.4 Å². The monoisotopic (exact) mass is 436 g/mol. The Kier molecular flexibility index (Phi) is 6.16. The van der Waals surface area contributed by atoms with E-state index in [2.05, 4.69) is 5.32 Å². The minimum Gasteiger partial charge on any atom is -0.481 e. The lowest BCUT2D eigenvalue weighted by molar-refractivity contribution is -0.137. The molecule has 1 atom stereocenters. The van der Waals surface area contributed by atoms with Crippen molar-refractivity contribution in [2.24, 2.45) is 0 Å². The summed E-state index contributed by atoms with van der Waals surface area (Å²) in [5.74, 6) is -0.638. The zero-order chi connectivity index (χ0) is 22.7. The molecular weight excluding hydrogens is 414 g/mol. The molecule has 0 aliphatic carbocycles. The summed E-state index contributed by atoms with van der Waals surface area (Å²) >= 11 is 0. The van der Waals surface area contributed by atoms with Gasteiger partial charge in [0.05, 0.1) is 0 Å². The third-order valence-electron chi connectivity index (χ3n) is 5.33. The van der Waals surface area contributed by atoms with Gasteiger partial charge in [-0.05, 0) is 73.5 Å². The van der Waals surface area contributed by atoms with Gasteiger partial charge in [-0.3, -0.25) is 9.59 Å². The van der Waals surface area contributed by atoms with Crippen LogP contribution in [0.4, 0.5) is 14.5 Å². The number of hydrogen-bond acceptors (Lipinski definition) is 3. The highest BCUT2D eigenvalue weighted by Gasteiger charge is 2.27. The average molecular weight is 436 g/mol. The van der Waals surface area contributed by atoms with E-state index in [9.17, 15) is 18.4 Å². The predicted molar refractivity (Wildman–Crippen MR) is 116 cm³/mol. The molecule has 1 unspecified atom stereocenters. The van der Waals surface area contributed by atoms with Gasteiger partial charge in [0.2, 0.25) is 0 Å². The van der Waals surface area contributed by atoms with Gasteiger partial charge in [-0.15, -0.1) is 0 Å². The second kappa shape index (κ2) is 9.18. The van der Waals surface area contributed by atoms with E-state index in [1.54, 1.807) is 42.2 Å². The molecular formula is C25H22F2N2O3. The van der Waals surface area contributed by atoms with Crippen LogP contribution in [0.25, 0.3) is 0 Å². The van der Waals surface area contributed by atoms with Gasteiger partial charge in [0.15, 0.2) is 6.10 Å². The smallest absolute Gasteiger partial charge is 0.263 e. The van der Waals surface area contributed by atoms with Crippen LogP contribution in [0.1, 0.15) is 28.4 Å². The average Bonchev–Trinajstić information content (AvgIpc) is 2.90. The Morgan fingerprint density at radius 2 is 1.69 bits per heavy atom. The fourth-order valence-corrected chi connectivity index (χ4v) is 3.59. The first kappa shape index (κ1) is 21.5. The van der Waals surface area contributed by atoms with Gasteiger partial charge in [-0.25, -0.2) is 8.78 Å². The topological polar surface area (TPSA) is 58.6 Å². The second-order valence-electron chi connectivity index (χ2n) is 7.68. The first-order valence-corrected chi connectivity index (χ1v) is 10.3. The number of hydrogen-bond donors (Lipinski definition) is 1. The predicted octanol–water partition coefficient (Wildman–Crippen LogP) is 4.57. The maximum absolute atomic E-state index is 13.1.